The minimum absolute atomic E-state index is 0.129. The molecule has 0 aromatic heterocycles. The third-order valence-corrected chi connectivity index (χ3v) is 14.1. The topological polar surface area (TPSA) is 111 Å². The highest BCUT2D eigenvalue weighted by molar-refractivity contribution is 5.70. The summed E-state index contributed by atoms with van der Waals surface area (Å²) in [6.45, 7) is 4.45. The van der Waals surface area contributed by atoms with Crippen molar-refractivity contribution in [1.29, 1.82) is 0 Å². The zero-order valence-electron chi connectivity index (χ0n) is 57.0. The summed E-state index contributed by atoms with van der Waals surface area (Å²) in [5.74, 6) is -2.36. The van der Waals surface area contributed by atoms with Gasteiger partial charge in [-0.25, -0.2) is 0 Å². The van der Waals surface area contributed by atoms with Crippen molar-refractivity contribution >= 4 is 17.9 Å². The molecule has 9 heteroatoms. The number of carbonyl (C=O) groups excluding carboxylic acids is 3. The van der Waals surface area contributed by atoms with Crippen LogP contribution in [-0.4, -0.2) is 82.3 Å². The van der Waals surface area contributed by atoms with Crippen molar-refractivity contribution in [2.45, 2.75) is 257 Å². The number of nitrogens with zero attached hydrogens (tertiary/aromatic N) is 1. The fraction of sp³-hybridized carbons (Fsp3) is 0.588. The Morgan fingerprint density at radius 1 is 0.337 bits per heavy atom. The third kappa shape index (κ3) is 69.7. The van der Waals surface area contributed by atoms with Crippen LogP contribution in [0.3, 0.4) is 0 Å². The predicted molar refractivity (Wildman–Crippen MR) is 379 cm³/mol. The van der Waals surface area contributed by atoms with E-state index in [0.717, 1.165) is 128 Å². The maximum atomic E-state index is 12.9. The van der Waals surface area contributed by atoms with Crippen LogP contribution < -0.4 is 5.11 Å². The standard InChI is InChI=1S/C80H127NO8/c1-6-8-10-12-14-16-18-20-22-24-26-28-30-32-34-36-38-39-41-43-45-47-49-51-53-55-57-59-61-63-65-67-69-71-78(83)89-76(75-88-80(79(84)85)86-73-72-81(3,4)5)74-87-77(82)70-68-66-64-62-60-58-56-54-52-50-48-46-44-42-40-37-35-33-31-29-27-25-23-21-19-17-15-13-11-9-7-2/h8-11,14-17,20-23,26-29,32-35,38-39,43,45,49,51,55,57,61,63,76,80H,6-7,12-13,18-19,24-25,30-31,36-37,40-42,44,46-48,50,52-54,56,58-60,62,64-75H2,1-5H3/b10-8-,11-9-,16-14-,17-15-,22-20-,23-21-,28-26-,29-27-,34-32-,35-33-,39-38-,45-43-,51-49-,57-55-,63-61-. The average Bonchev–Trinajstić information content (AvgIpc) is 3.64. The van der Waals surface area contributed by atoms with E-state index in [-0.39, 0.29) is 38.6 Å². The first-order chi connectivity index (χ1) is 43.6. The Labute approximate surface area is 545 Å². The molecule has 0 bridgehead atoms. The Hall–Kier alpha value is -5.61. The van der Waals surface area contributed by atoms with E-state index in [9.17, 15) is 19.5 Å². The van der Waals surface area contributed by atoms with Crippen LogP contribution in [0.4, 0.5) is 0 Å². The van der Waals surface area contributed by atoms with Gasteiger partial charge in [0.05, 0.1) is 40.3 Å². The lowest BCUT2D eigenvalue weighted by Gasteiger charge is -2.26. The lowest BCUT2D eigenvalue weighted by molar-refractivity contribution is -0.870. The Morgan fingerprint density at radius 3 is 0.921 bits per heavy atom. The second-order valence-electron chi connectivity index (χ2n) is 23.7. The van der Waals surface area contributed by atoms with E-state index in [1.807, 2.05) is 21.1 Å². The van der Waals surface area contributed by atoms with Gasteiger partial charge in [-0.3, -0.25) is 9.59 Å². The summed E-state index contributed by atoms with van der Waals surface area (Å²) in [5, 5.41) is 11.8. The van der Waals surface area contributed by atoms with Gasteiger partial charge in [-0.1, -0.05) is 280 Å². The molecule has 500 valence electrons. The van der Waals surface area contributed by atoms with Gasteiger partial charge < -0.3 is 33.3 Å². The number of allylic oxidation sites excluding steroid dienone is 30. The van der Waals surface area contributed by atoms with Gasteiger partial charge >= 0.3 is 11.9 Å². The van der Waals surface area contributed by atoms with Crippen LogP contribution in [-0.2, 0) is 33.3 Å². The van der Waals surface area contributed by atoms with Gasteiger partial charge in [0, 0.05) is 12.8 Å². The lowest BCUT2D eigenvalue weighted by atomic mass is 10.0. The molecule has 0 N–H and O–H groups in total. The average molecular weight is 1230 g/mol. The number of likely N-dealkylation sites (N-methyl/N-ethyl adjacent to an activating group) is 1. The minimum atomic E-state index is -1.65. The molecule has 0 aliphatic rings. The summed E-state index contributed by atoms with van der Waals surface area (Å²) in [4.78, 5) is 37.5. The van der Waals surface area contributed by atoms with Gasteiger partial charge in [0.15, 0.2) is 12.4 Å². The largest absolute Gasteiger partial charge is 0.545 e. The number of carbonyl (C=O) groups is 3. The Balaban J connectivity index is 4.26. The summed E-state index contributed by atoms with van der Waals surface area (Å²) in [5.41, 5.74) is 0. The fourth-order valence-electron chi connectivity index (χ4n) is 8.88. The monoisotopic (exact) mass is 1230 g/mol. The minimum Gasteiger partial charge on any atom is -0.545 e. The molecular weight excluding hydrogens is 1100 g/mol. The first-order valence-corrected chi connectivity index (χ1v) is 34.9. The third-order valence-electron chi connectivity index (χ3n) is 14.1. The normalized spacial score (nSPS) is 13.9. The van der Waals surface area contributed by atoms with E-state index in [1.165, 1.54) is 83.5 Å². The molecule has 0 aliphatic carbocycles. The number of carboxylic acids is 1. The number of ether oxygens (including phenoxy) is 4. The highest BCUT2D eigenvalue weighted by Crippen LogP contribution is 2.16. The van der Waals surface area contributed by atoms with E-state index in [1.54, 1.807) is 0 Å². The van der Waals surface area contributed by atoms with Crippen LogP contribution in [0.25, 0.3) is 0 Å². The van der Waals surface area contributed by atoms with Crippen molar-refractivity contribution < 1.29 is 42.9 Å². The second-order valence-corrected chi connectivity index (χ2v) is 23.7. The first kappa shape index (κ1) is 83.4. The highest BCUT2D eigenvalue weighted by atomic mass is 16.7. The number of esters is 2. The zero-order valence-corrected chi connectivity index (χ0v) is 57.0. The molecule has 0 spiro atoms. The molecule has 2 atom stereocenters. The van der Waals surface area contributed by atoms with Gasteiger partial charge in [-0.2, -0.15) is 0 Å². The summed E-state index contributed by atoms with van der Waals surface area (Å²) in [7, 11) is 5.90. The van der Waals surface area contributed by atoms with Crippen molar-refractivity contribution in [2.24, 2.45) is 0 Å². The molecule has 0 aromatic carbocycles. The number of hydrogen-bond donors (Lipinski definition) is 0. The van der Waals surface area contributed by atoms with Gasteiger partial charge in [0.25, 0.3) is 0 Å². The van der Waals surface area contributed by atoms with Gasteiger partial charge in [0.2, 0.25) is 0 Å². The van der Waals surface area contributed by atoms with Crippen LogP contribution >= 0.6 is 0 Å². The molecule has 0 amide bonds. The molecule has 89 heavy (non-hydrogen) atoms. The summed E-state index contributed by atoms with van der Waals surface area (Å²) >= 11 is 0. The van der Waals surface area contributed by atoms with E-state index < -0.39 is 24.3 Å². The molecule has 0 aliphatic heterocycles. The highest BCUT2D eigenvalue weighted by Gasteiger charge is 2.22. The van der Waals surface area contributed by atoms with E-state index in [4.69, 9.17) is 18.9 Å². The quantitative estimate of drug-likeness (QED) is 0.0195. The fourth-order valence-corrected chi connectivity index (χ4v) is 8.88. The lowest BCUT2D eigenvalue weighted by Crippen LogP contribution is -2.44. The number of quaternary nitrogens is 1. The molecule has 0 radical (unpaired) electrons. The summed E-state index contributed by atoms with van der Waals surface area (Å²) in [6, 6.07) is 0. The SMILES string of the molecule is CC/C=C\C/C=C\C/C=C\C/C=C\C/C=C\C/C=C\C/C=C\C/C=C\C/C=C\C/C=C\CCCCC(=O)OC(COC(=O)CCCCCCCCCCCCCCCCC/C=C\C/C=C\C/C=C\C/C=C\C/C=C\CC)COC(OCC[N+](C)(C)C)C(=O)[O-]. The van der Waals surface area contributed by atoms with Crippen LogP contribution in [0.2, 0.25) is 0 Å². The van der Waals surface area contributed by atoms with Crippen molar-refractivity contribution in [3.05, 3.63) is 182 Å². The van der Waals surface area contributed by atoms with Gasteiger partial charge in [0.1, 0.15) is 13.2 Å². The van der Waals surface area contributed by atoms with Gasteiger partial charge in [-0.05, 0) is 135 Å². The number of hydrogen-bond acceptors (Lipinski definition) is 8. The Bertz CT molecular complexity index is 2120. The number of aliphatic carboxylic acids is 1. The Kier molecular flexibility index (Phi) is 64.0. The van der Waals surface area contributed by atoms with Crippen LogP contribution in [0.5, 0.6) is 0 Å². The zero-order chi connectivity index (χ0) is 64.7. The summed E-state index contributed by atoms with van der Waals surface area (Å²) in [6.07, 6.45) is 101. The van der Waals surface area contributed by atoms with Crippen LogP contribution in [0, 0.1) is 0 Å². The van der Waals surface area contributed by atoms with Crippen molar-refractivity contribution in [3.63, 3.8) is 0 Å². The van der Waals surface area contributed by atoms with Gasteiger partial charge in [-0.15, -0.1) is 0 Å². The number of rotatable bonds is 62. The van der Waals surface area contributed by atoms with Crippen LogP contribution in [0.15, 0.2) is 182 Å². The van der Waals surface area contributed by atoms with Crippen LogP contribution in [0.1, 0.15) is 245 Å². The summed E-state index contributed by atoms with van der Waals surface area (Å²) < 4.78 is 22.7. The van der Waals surface area contributed by atoms with Crippen molar-refractivity contribution in [1.82, 2.24) is 0 Å². The molecule has 0 heterocycles. The molecule has 0 fully saturated rings. The molecule has 0 aromatic rings. The van der Waals surface area contributed by atoms with E-state index >= 15 is 0 Å². The Morgan fingerprint density at radius 2 is 0.607 bits per heavy atom. The molecule has 9 nitrogen and oxygen atoms in total. The number of unbranched alkanes of at least 4 members (excludes halogenated alkanes) is 17. The van der Waals surface area contributed by atoms with Crippen molar-refractivity contribution in [3.8, 4) is 0 Å². The molecule has 0 saturated heterocycles. The first-order valence-electron chi connectivity index (χ1n) is 34.9. The number of carboxylic acid groups (broad SMARTS) is 1. The van der Waals surface area contributed by atoms with E-state index in [2.05, 4.69) is 196 Å². The molecule has 2 unspecified atom stereocenters. The smallest absolute Gasteiger partial charge is 0.306 e. The van der Waals surface area contributed by atoms with Crippen molar-refractivity contribution in [2.75, 3.05) is 47.5 Å². The maximum absolute atomic E-state index is 12.9. The predicted octanol–water partition coefficient (Wildman–Crippen LogP) is 20.7. The molecule has 0 rings (SSSR count). The molecular formula is C80H127NO8. The van der Waals surface area contributed by atoms with E-state index in [0.29, 0.717) is 17.4 Å². The maximum Gasteiger partial charge on any atom is 0.306 e. The molecule has 0 saturated carbocycles. The second kappa shape index (κ2) is 68.3.